The van der Waals surface area contributed by atoms with E-state index < -0.39 is 0 Å². The molecule has 2 rings (SSSR count). The molecule has 0 saturated carbocycles. The van der Waals surface area contributed by atoms with E-state index in [2.05, 4.69) is 47.1 Å². The van der Waals surface area contributed by atoms with Crippen LogP contribution in [0.1, 0.15) is 34.9 Å². The number of carbonyl (C=O) groups is 1. The van der Waals surface area contributed by atoms with Gasteiger partial charge in [0.25, 0.3) is 5.91 Å². The normalized spacial score (nSPS) is 12.4. The van der Waals surface area contributed by atoms with Crippen molar-refractivity contribution in [3.05, 3.63) is 37.4 Å². The SMILES string of the molecule is CCC(NC(=O)c1cc(Br)c(Br)s1)c1ncc[nH]1. The average Bonchev–Trinajstić information content (AvgIpc) is 2.97. The first kappa shape index (κ1) is 13.8. The molecule has 0 spiro atoms. The highest BCUT2D eigenvalue weighted by Crippen LogP contribution is 2.32. The van der Waals surface area contributed by atoms with E-state index in [0.29, 0.717) is 4.88 Å². The molecule has 0 aliphatic heterocycles. The molecule has 0 saturated heterocycles. The van der Waals surface area contributed by atoms with Crippen LogP contribution in [0.5, 0.6) is 0 Å². The van der Waals surface area contributed by atoms with Gasteiger partial charge < -0.3 is 10.3 Å². The number of H-pyrrole nitrogens is 1. The van der Waals surface area contributed by atoms with E-state index in [1.165, 1.54) is 11.3 Å². The van der Waals surface area contributed by atoms with Crippen molar-refractivity contribution in [2.24, 2.45) is 0 Å². The zero-order chi connectivity index (χ0) is 13.1. The van der Waals surface area contributed by atoms with Crippen LogP contribution in [-0.2, 0) is 0 Å². The monoisotopic (exact) mass is 391 g/mol. The fourth-order valence-electron chi connectivity index (χ4n) is 1.52. The van der Waals surface area contributed by atoms with Crippen molar-refractivity contribution >= 4 is 49.1 Å². The summed E-state index contributed by atoms with van der Waals surface area (Å²) < 4.78 is 1.81. The van der Waals surface area contributed by atoms with Crippen molar-refractivity contribution in [2.45, 2.75) is 19.4 Å². The second-order valence-corrected chi connectivity index (χ2v) is 6.87. The summed E-state index contributed by atoms with van der Waals surface area (Å²) in [7, 11) is 0. The number of nitrogens with zero attached hydrogens (tertiary/aromatic N) is 1. The Morgan fingerprint density at radius 2 is 2.39 bits per heavy atom. The van der Waals surface area contributed by atoms with Gasteiger partial charge in [0.05, 0.1) is 14.7 Å². The maximum Gasteiger partial charge on any atom is 0.262 e. The molecule has 0 aliphatic rings. The molecule has 0 radical (unpaired) electrons. The molecule has 2 aromatic heterocycles. The summed E-state index contributed by atoms with van der Waals surface area (Å²) in [6, 6.07) is 1.71. The van der Waals surface area contributed by atoms with Gasteiger partial charge in [0.2, 0.25) is 0 Å². The molecule has 96 valence electrons. The molecule has 2 heterocycles. The standard InChI is InChI=1S/C11H11Br2N3OS/c1-2-7(10-14-3-4-15-10)16-11(17)8-5-6(12)9(13)18-8/h3-5,7H,2H2,1H3,(H,14,15)(H,16,17). The summed E-state index contributed by atoms with van der Waals surface area (Å²) in [4.78, 5) is 19.9. The summed E-state index contributed by atoms with van der Waals surface area (Å²) in [6.07, 6.45) is 4.22. The lowest BCUT2D eigenvalue weighted by Crippen LogP contribution is -2.28. The highest BCUT2D eigenvalue weighted by atomic mass is 79.9. The van der Waals surface area contributed by atoms with E-state index in [-0.39, 0.29) is 11.9 Å². The van der Waals surface area contributed by atoms with E-state index in [9.17, 15) is 4.79 Å². The van der Waals surface area contributed by atoms with Crippen molar-refractivity contribution in [3.8, 4) is 0 Å². The van der Waals surface area contributed by atoms with Crippen LogP contribution >= 0.6 is 43.2 Å². The predicted molar refractivity (Wildman–Crippen MR) is 78.8 cm³/mol. The number of hydrogen-bond donors (Lipinski definition) is 2. The second-order valence-electron chi connectivity index (χ2n) is 3.64. The minimum atomic E-state index is -0.0906. The molecule has 2 aromatic rings. The summed E-state index contributed by atoms with van der Waals surface area (Å²) in [5.74, 6) is 0.690. The summed E-state index contributed by atoms with van der Waals surface area (Å²) in [5.41, 5.74) is 0. The first-order valence-corrected chi connectivity index (χ1v) is 7.77. The minimum absolute atomic E-state index is 0.0883. The third-order valence-corrected chi connectivity index (χ3v) is 5.69. The third-order valence-electron chi connectivity index (χ3n) is 2.43. The molecule has 7 heteroatoms. The number of nitrogens with one attached hydrogen (secondary N) is 2. The Balaban J connectivity index is 2.10. The lowest BCUT2D eigenvalue weighted by Gasteiger charge is -2.13. The molecule has 18 heavy (non-hydrogen) atoms. The molecule has 4 nitrogen and oxygen atoms in total. The van der Waals surface area contributed by atoms with Gasteiger partial charge in [-0.3, -0.25) is 4.79 Å². The number of amides is 1. The number of carbonyl (C=O) groups excluding carboxylic acids is 1. The molecular weight excluding hydrogens is 382 g/mol. The van der Waals surface area contributed by atoms with Gasteiger partial charge in [0.15, 0.2) is 0 Å². The Kier molecular flexibility index (Phi) is 4.58. The second kappa shape index (κ2) is 5.99. The average molecular weight is 393 g/mol. The fraction of sp³-hybridized carbons (Fsp3) is 0.273. The van der Waals surface area contributed by atoms with E-state index in [1.54, 1.807) is 18.5 Å². The van der Waals surface area contributed by atoms with E-state index in [1.807, 2.05) is 6.92 Å². The Bertz CT molecular complexity index is 519. The topological polar surface area (TPSA) is 57.8 Å². The first-order chi connectivity index (χ1) is 8.61. The molecule has 0 aromatic carbocycles. The molecule has 0 fully saturated rings. The third kappa shape index (κ3) is 3.02. The lowest BCUT2D eigenvalue weighted by molar-refractivity contribution is 0.0938. The molecule has 1 amide bonds. The van der Waals surface area contributed by atoms with Crippen LogP contribution in [0.25, 0.3) is 0 Å². The Morgan fingerprint density at radius 3 is 2.89 bits per heavy atom. The molecule has 0 bridgehead atoms. The van der Waals surface area contributed by atoms with Crippen molar-refractivity contribution in [2.75, 3.05) is 0 Å². The van der Waals surface area contributed by atoms with Gasteiger partial charge in [-0.1, -0.05) is 6.92 Å². The van der Waals surface area contributed by atoms with Gasteiger partial charge in [0, 0.05) is 16.9 Å². The number of aromatic nitrogens is 2. The van der Waals surface area contributed by atoms with Crippen LogP contribution in [0.2, 0.25) is 0 Å². The molecular formula is C11H11Br2N3OS. The smallest absolute Gasteiger partial charge is 0.262 e. The van der Waals surface area contributed by atoms with Crippen LogP contribution in [0.4, 0.5) is 0 Å². The molecule has 0 aliphatic carbocycles. The van der Waals surface area contributed by atoms with Crippen molar-refractivity contribution in [1.82, 2.24) is 15.3 Å². The summed E-state index contributed by atoms with van der Waals surface area (Å²) in [5, 5.41) is 2.96. The van der Waals surface area contributed by atoms with Gasteiger partial charge in [-0.2, -0.15) is 0 Å². The summed E-state index contributed by atoms with van der Waals surface area (Å²) >= 11 is 8.15. The number of rotatable bonds is 4. The van der Waals surface area contributed by atoms with Crippen molar-refractivity contribution in [1.29, 1.82) is 0 Å². The fourth-order valence-corrected chi connectivity index (χ4v) is 3.46. The zero-order valence-corrected chi connectivity index (χ0v) is 13.5. The Morgan fingerprint density at radius 1 is 1.61 bits per heavy atom. The molecule has 1 unspecified atom stereocenters. The van der Waals surface area contributed by atoms with Crippen LogP contribution in [0.15, 0.2) is 26.7 Å². The molecule has 1 atom stereocenters. The van der Waals surface area contributed by atoms with Gasteiger partial charge in [0.1, 0.15) is 5.82 Å². The largest absolute Gasteiger partial charge is 0.347 e. The van der Waals surface area contributed by atoms with Crippen LogP contribution in [-0.4, -0.2) is 15.9 Å². The Labute approximate surface area is 125 Å². The lowest BCUT2D eigenvalue weighted by atomic mass is 10.2. The highest BCUT2D eigenvalue weighted by Gasteiger charge is 2.18. The number of hydrogen-bond acceptors (Lipinski definition) is 3. The van der Waals surface area contributed by atoms with Gasteiger partial charge in [-0.15, -0.1) is 11.3 Å². The maximum absolute atomic E-state index is 12.1. The van der Waals surface area contributed by atoms with Gasteiger partial charge in [-0.05, 0) is 44.3 Å². The van der Waals surface area contributed by atoms with Crippen LogP contribution < -0.4 is 5.32 Å². The number of imidazole rings is 1. The van der Waals surface area contributed by atoms with Crippen molar-refractivity contribution < 1.29 is 4.79 Å². The van der Waals surface area contributed by atoms with Gasteiger partial charge >= 0.3 is 0 Å². The predicted octanol–water partition coefficient (Wildman–Crippen LogP) is 3.88. The Hall–Kier alpha value is -0.660. The van der Waals surface area contributed by atoms with E-state index in [4.69, 9.17) is 0 Å². The highest BCUT2D eigenvalue weighted by molar-refractivity contribution is 9.13. The van der Waals surface area contributed by atoms with E-state index >= 15 is 0 Å². The first-order valence-electron chi connectivity index (χ1n) is 5.36. The molecule has 2 N–H and O–H groups in total. The zero-order valence-electron chi connectivity index (χ0n) is 9.54. The number of aromatic amines is 1. The van der Waals surface area contributed by atoms with Crippen LogP contribution in [0, 0.1) is 0 Å². The van der Waals surface area contributed by atoms with Gasteiger partial charge in [-0.25, -0.2) is 4.98 Å². The number of thiophene rings is 1. The van der Waals surface area contributed by atoms with E-state index in [0.717, 1.165) is 20.5 Å². The maximum atomic E-state index is 12.1. The van der Waals surface area contributed by atoms with Crippen molar-refractivity contribution in [3.63, 3.8) is 0 Å². The number of halogens is 2. The van der Waals surface area contributed by atoms with Crippen LogP contribution in [0.3, 0.4) is 0 Å². The quantitative estimate of drug-likeness (QED) is 0.829. The minimum Gasteiger partial charge on any atom is -0.347 e. The summed E-state index contributed by atoms with van der Waals surface area (Å²) in [6.45, 7) is 2.01.